The summed E-state index contributed by atoms with van der Waals surface area (Å²) in [7, 11) is 0. The predicted octanol–water partition coefficient (Wildman–Crippen LogP) is 3.51. The number of carbonyl (C=O) groups excluding carboxylic acids is 1. The number of carboxylic acids is 1. The number of rotatable bonds is 7. The number of phenolic OH excluding ortho intramolecular Hbond substituents is 1. The first kappa shape index (κ1) is 22.2. The van der Waals surface area contributed by atoms with Gasteiger partial charge in [0.25, 0.3) is 5.91 Å². The number of carboxylic acid groups (broad SMARTS) is 1. The number of amides is 1. The zero-order valence-corrected chi connectivity index (χ0v) is 17.6. The number of carbonyl (C=O) groups is 2. The lowest BCUT2D eigenvalue weighted by molar-refractivity contribution is -0.139. The summed E-state index contributed by atoms with van der Waals surface area (Å²) in [5, 5.41) is 32.5. The molecule has 31 heavy (non-hydrogen) atoms. The summed E-state index contributed by atoms with van der Waals surface area (Å²) in [6.07, 6.45) is -0.0938. The Kier molecular flexibility index (Phi) is 6.50. The molecule has 4 N–H and O–H groups in total. The van der Waals surface area contributed by atoms with E-state index >= 15 is 0 Å². The molecule has 1 aromatic heterocycles. The highest BCUT2D eigenvalue weighted by Gasteiger charge is 2.25. The number of aromatic nitrogens is 1. The largest absolute Gasteiger partial charge is 0.508 e. The standard InChI is InChI=1S/C22H21ClN2O6/c1-11(2)31-14-7-8-15-16(10-14)20(23)25-18(19(15)27)21(28)24-17(22(29)30)9-12-3-5-13(26)6-4-12/h3-8,10-11,17,26-27H,9H2,1-2H3,(H,24,28)(H,29,30). The fourth-order valence-corrected chi connectivity index (χ4v) is 3.28. The van der Waals surface area contributed by atoms with E-state index in [1.165, 1.54) is 12.1 Å². The van der Waals surface area contributed by atoms with Gasteiger partial charge >= 0.3 is 5.97 Å². The van der Waals surface area contributed by atoms with E-state index in [0.29, 0.717) is 16.7 Å². The topological polar surface area (TPSA) is 129 Å². The Morgan fingerprint density at radius 3 is 2.39 bits per heavy atom. The summed E-state index contributed by atoms with van der Waals surface area (Å²) in [5.74, 6) is -1.98. The van der Waals surface area contributed by atoms with Crippen molar-refractivity contribution < 1.29 is 29.6 Å². The van der Waals surface area contributed by atoms with E-state index in [2.05, 4.69) is 10.3 Å². The number of phenols is 1. The van der Waals surface area contributed by atoms with Crippen LogP contribution in [-0.2, 0) is 11.2 Å². The quantitative estimate of drug-likeness (QED) is 0.410. The third-order valence-corrected chi connectivity index (χ3v) is 4.76. The van der Waals surface area contributed by atoms with Gasteiger partial charge in [-0.3, -0.25) is 4.79 Å². The van der Waals surface area contributed by atoms with Gasteiger partial charge in [-0.25, -0.2) is 9.78 Å². The third-order valence-electron chi connectivity index (χ3n) is 4.47. The average molecular weight is 445 g/mol. The fourth-order valence-electron chi connectivity index (χ4n) is 3.04. The minimum atomic E-state index is -1.28. The molecule has 1 amide bonds. The van der Waals surface area contributed by atoms with E-state index in [0.717, 1.165) is 0 Å². The van der Waals surface area contributed by atoms with Crippen molar-refractivity contribution in [1.29, 1.82) is 0 Å². The van der Waals surface area contributed by atoms with Crippen molar-refractivity contribution in [2.75, 3.05) is 0 Å². The van der Waals surface area contributed by atoms with Crippen molar-refractivity contribution in [3.8, 4) is 17.2 Å². The molecule has 162 valence electrons. The maximum Gasteiger partial charge on any atom is 0.326 e. The van der Waals surface area contributed by atoms with E-state index < -0.39 is 23.7 Å². The number of nitrogens with one attached hydrogen (secondary N) is 1. The van der Waals surface area contributed by atoms with Crippen LogP contribution >= 0.6 is 11.6 Å². The number of fused-ring (bicyclic) bond motifs is 1. The second-order valence-corrected chi connectivity index (χ2v) is 7.57. The fraction of sp³-hybridized carbons (Fsp3) is 0.227. The maximum absolute atomic E-state index is 12.7. The number of ether oxygens (including phenoxy) is 1. The van der Waals surface area contributed by atoms with Crippen molar-refractivity contribution in [3.63, 3.8) is 0 Å². The number of benzene rings is 2. The van der Waals surface area contributed by atoms with E-state index in [9.17, 15) is 24.9 Å². The first-order valence-electron chi connectivity index (χ1n) is 9.46. The van der Waals surface area contributed by atoms with Crippen molar-refractivity contribution in [2.45, 2.75) is 32.4 Å². The van der Waals surface area contributed by atoms with E-state index in [4.69, 9.17) is 16.3 Å². The van der Waals surface area contributed by atoms with Crippen LogP contribution in [0.25, 0.3) is 10.8 Å². The Hall–Kier alpha value is -3.52. The van der Waals surface area contributed by atoms with Crippen LogP contribution in [0.2, 0.25) is 5.15 Å². The summed E-state index contributed by atoms with van der Waals surface area (Å²) >= 11 is 6.23. The van der Waals surface area contributed by atoms with Gasteiger partial charge in [-0.05, 0) is 49.7 Å². The van der Waals surface area contributed by atoms with Crippen LogP contribution in [0.1, 0.15) is 29.9 Å². The smallest absolute Gasteiger partial charge is 0.326 e. The van der Waals surface area contributed by atoms with Gasteiger partial charge in [0.1, 0.15) is 22.7 Å². The summed E-state index contributed by atoms with van der Waals surface area (Å²) in [5.41, 5.74) is 0.212. The number of hydrogen-bond acceptors (Lipinski definition) is 6. The lowest BCUT2D eigenvalue weighted by Gasteiger charge is -2.16. The van der Waals surface area contributed by atoms with Gasteiger partial charge in [0.15, 0.2) is 11.4 Å². The van der Waals surface area contributed by atoms with E-state index in [1.54, 1.807) is 30.3 Å². The normalized spacial score (nSPS) is 12.0. The lowest BCUT2D eigenvalue weighted by atomic mass is 10.1. The van der Waals surface area contributed by atoms with Gasteiger partial charge in [-0.15, -0.1) is 0 Å². The predicted molar refractivity (Wildman–Crippen MR) is 115 cm³/mol. The molecule has 1 heterocycles. The molecule has 3 rings (SSSR count). The summed E-state index contributed by atoms with van der Waals surface area (Å²) < 4.78 is 5.61. The number of aliphatic carboxylic acids is 1. The Balaban J connectivity index is 1.88. The Morgan fingerprint density at radius 2 is 1.77 bits per heavy atom. The highest BCUT2D eigenvalue weighted by Crippen LogP contribution is 2.34. The Labute approximate surface area is 183 Å². The summed E-state index contributed by atoms with van der Waals surface area (Å²) in [6, 6.07) is 9.45. The monoisotopic (exact) mass is 444 g/mol. The molecule has 0 radical (unpaired) electrons. The van der Waals surface area contributed by atoms with Crippen LogP contribution < -0.4 is 10.1 Å². The molecule has 0 saturated carbocycles. The highest BCUT2D eigenvalue weighted by molar-refractivity contribution is 6.35. The first-order chi connectivity index (χ1) is 14.7. The van der Waals surface area contributed by atoms with Gasteiger partial charge < -0.3 is 25.4 Å². The zero-order chi connectivity index (χ0) is 22.7. The minimum Gasteiger partial charge on any atom is -0.508 e. The third kappa shape index (κ3) is 5.16. The Bertz CT molecular complexity index is 1130. The molecule has 0 fully saturated rings. The molecule has 0 aliphatic carbocycles. The van der Waals surface area contributed by atoms with Crippen LogP contribution in [0.4, 0.5) is 0 Å². The van der Waals surface area contributed by atoms with Gasteiger partial charge in [0, 0.05) is 17.2 Å². The molecule has 2 aromatic carbocycles. The molecule has 0 aliphatic heterocycles. The van der Waals surface area contributed by atoms with Gasteiger partial charge in [-0.1, -0.05) is 23.7 Å². The van der Waals surface area contributed by atoms with Crippen molar-refractivity contribution in [1.82, 2.24) is 10.3 Å². The van der Waals surface area contributed by atoms with Crippen LogP contribution in [0, 0.1) is 0 Å². The number of hydrogen-bond donors (Lipinski definition) is 4. The van der Waals surface area contributed by atoms with Crippen LogP contribution in [0.15, 0.2) is 42.5 Å². The van der Waals surface area contributed by atoms with Crippen LogP contribution in [-0.4, -0.2) is 44.3 Å². The zero-order valence-electron chi connectivity index (χ0n) is 16.8. The molecule has 8 nitrogen and oxygen atoms in total. The van der Waals surface area contributed by atoms with E-state index in [-0.39, 0.29) is 34.5 Å². The van der Waals surface area contributed by atoms with Gasteiger partial charge in [-0.2, -0.15) is 0 Å². The van der Waals surface area contributed by atoms with E-state index in [1.807, 2.05) is 13.8 Å². The molecular weight excluding hydrogens is 424 g/mol. The van der Waals surface area contributed by atoms with Crippen molar-refractivity contribution >= 4 is 34.2 Å². The lowest BCUT2D eigenvalue weighted by Crippen LogP contribution is -2.42. The van der Waals surface area contributed by atoms with Gasteiger partial charge in [0.2, 0.25) is 0 Å². The molecule has 0 aliphatic rings. The highest BCUT2D eigenvalue weighted by atomic mass is 35.5. The molecule has 0 saturated heterocycles. The van der Waals surface area contributed by atoms with Gasteiger partial charge in [0.05, 0.1) is 6.10 Å². The van der Waals surface area contributed by atoms with Crippen LogP contribution in [0.3, 0.4) is 0 Å². The molecule has 1 unspecified atom stereocenters. The molecule has 3 aromatic rings. The van der Waals surface area contributed by atoms with Crippen molar-refractivity contribution in [2.24, 2.45) is 0 Å². The first-order valence-corrected chi connectivity index (χ1v) is 9.84. The molecule has 0 bridgehead atoms. The minimum absolute atomic E-state index is 0.0284. The number of nitrogens with zero attached hydrogens (tertiary/aromatic N) is 1. The SMILES string of the molecule is CC(C)Oc1ccc2c(O)c(C(=O)NC(Cc3ccc(O)cc3)C(=O)O)nc(Cl)c2c1. The molecular formula is C22H21ClN2O6. The average Bonchev–Trinajstić information content (AvgIpc) is 2.71. The Morgan fingerprint density at radius 1 is 1.10 bits per heavy atom. The second kappa shape index (κ2) is 9.09. The number of aromatic hydroxyl groups is 2. The second-order valence-electron chi connectivity index (χ2n) is 7.21. The van der Waals surface area contributed by atoms with Crippen molar-refractivity contribution in [3.05, 3.63) is 58.9 Å². The molecule has 9 heteroatoms. The maximum atomic E-state index is 12.7. The summed E-state index contributed by atoms with van der Waals surface area (Å²) in [6.45, 7) is 3.73. The number of halogens is 1. The molecule has 1 atom stereocenters. The summed E-state index contributed by atoms with van der Waals surface area (Å²) in [4.78, 5) is 28.3. The molecule has 0 spiro atoms. The van der Waals surface area contributed by atoms with Crippen LogP contribution in [0.5, 0.6) is 17.2 Å². The number of pyridine rings is 1.